The van der Waals surface area contributed by atoms with E-state index in [4.69, 9.17) is 9.47 Å². The lowest BCUT2D eigenvalue weighted by atomic mass is 10.1. The Morgan fingerprint density at radius 1 is 0.952 bits per heavy atom. The third-order valence-electron chi connectivity index (χ3n) is 3.36. The predicted octanol–water partition coefficient (Wildman–Crippen LogP) is 4.27. The van der Waals surface area contributed by atoms with Gasteiger partial charge in [0.1, 0.15) is 0 Å². The van der Waals surface area contributed by atoms with Crippen LogP contribution in [-0.4, -0.2) is 13.7 Å². The Balaban J connectivity index is 2.07. The van der Waals surface area contributed by atoms with Crippen LogP contribution in [-0.2, 0) is 13.0 Å². The lowest BCUT2D eigenvalue weighted by Gasteiger charge is -2.12. The van der Waals surface area contributed by atoms with Crippen molar-refractivity contribution in [1.29, 1.82) is 0 Å². The van der Waals surface area contributed by atoms with Gasteiger partial charge in [-0.3, -0.25) is 0 Å². The van der Waals surface area contributed by atoms with Gasteiger partial charge in [0, 0.05) is 12.2 Å². The van der Waals surface area contributed by atoms with Crippen LogP contribution in [0.25, 0.3) is 0 Å². The highest BCUT2D eigenvalue weighted by molar-refractivity contribution is 5.48. The Kier molecular flexibility index (Phi) is 5.50. The molecule has 0 saturated heterocycles. The van der Waals surface area contributed by atoms with Crippen LogP contribution in [0, 0.1) is 0 Å². The van der Waals surface area contributed by atoms with Crippen LogP contribution in [0.1, 0.15) is 25.0 Å². The number of aryl methyl sites for hydroxylation is 1. The van der Waals surface area contributed by atoms with E-state index in [1.807, 2.05) is 19.1 Å². The van der Waals surface area contributed by atoms with E-state index < -0.39 is 0 Å². The summed E-state index contributed by atoms with van der Waals surface area (Å²) in [6.45, 7) is 5.53. The minimum absolute atomic E-state index is 0.631. The van der Waals surface area contributed by atoms with Gasteiger partial charge in [0.25, 0.3) is 0 Å². The van der Waals surface area contributed by atoms with Crippen LogP contribution in [0.15, 0.2) is 42.5 Å². The normalized spacial score (nSPS) is 10.2. The van der Waals surface area contributed by atoms with Crippen LogP contribution in [0.2, 0.25) is 0 Å². The van der Waals surface area contributed by atoms with Gasteiger partial charge in [-0.2, -0.15) is 0 Å². The molecule has 0 aliphatic rings. The summed E-state index contributed by atoms with van der Waals surface area (Å²) in [4.78, 5) is 0. The average molecular weight is 285 g/mol. The van der Waals surface area contributed by atoms with E-state index in [1.165, 1.54) is 11.1 Å². The molecule has 0 bridgehead atoms. The molecule has 0 aliphatic carbocycles. The fourth-order valence-corrected chi connectivity index (χ4v) is 2.20. The van der Waals surface area contributed by atoms with E-state index in [0.717, 1.165) is 30.2 Å². The summed E-state index contributed by atoms with van der Waals surface area (Å²) in [5, 5.41) is 3.45. The molecule has 21 heavy (non-hydrogen) atoms. The Hall–Kier alpha value is -2.16. The van der Waals surface area contributed by atoms with Crippen molar-refractivity contribution in [3.05, 3.63) is 53.6 Å². The minimum Gasteiger partial charge on any atom is -0.493 e. The second-order valence-corrected chi connectivity index (χ2v) is 4.83. The minimum atomic E-state index is 0.631. The topological polar surface area (TPSA) is 30.5 Å². The van der Waals surface area contributed by atoms with Crippen LogP contribution in [0.4, 0.5) is 5.69 Å². The van der Waals surface area contributed by atoms with Gasteiger partial charge in [0.2, 0.25) is 0 Å². The summed E-state index contributed by atoms with van der Waals surface area (Å²) >= 11 is 0. The van der Waals surface area contributed by atoms with E-state index in [-0.39, 0.29) is 0 Å². The van der Waals surface area contributed by atoms with Gasteiger partial charge >= 0.3 is 0 Å². The van der Waals surface area contributed by atoms with Crippen LogP contribution in [0.3, 0.4) is 0 Å². The number of benzene rings is 2. The third-order valence-corrected chi connectivity index (χ3v) is 3.36. The van der Waals surface area contributed by atoms with Crippen molar-refractivity contribution in [2.24, 2.45) is 0 Å². The SMILES string of the molecule is CCOc1cc(CNc2cccc(CC)c2)ccc1OC. The van der Waals surface area contributed by atoms with E-state index in [2.05, 4.69) is 42.6 Å². The molecule has 1 N–H and O–H groups in total. The number of hydrogen-bond donors (Lipinski definition) is 1. The zero-order valence-corrected chi connectivity index (χ0v) is 13.0. The molecular weight excluding hydrogens is 262 g/mol. The van der Waals surface area contributed by atoms with Crippen molar-refractivity contribution in [2.75, 3.05) is 19.0 Å². The summed E-state index contributed by atoms with van der Waals surface area (Å²) in [6.07, 6.45) is 1.05. The largest absolute Gasteiger partial charge is 0.493 e. The highest BCUT2D eigenvalue weighted by atomic mass is 16.5. The molecule has 0 fully saturated rings. The quantitative estimate of drug-likeness (QED) is 0.824. The standard InChI is InChI=1S/C18H23NO2/c1-4-14-7-6-8-16(11-14)19-13-15-9-10-17(20-3)18(12-15)21-5-2/h6-12,19H,4-5,13H2,1-3H3. The number of rotatable bonds is 7. The van der Waals surface area contributed by atoms with E-state index in [0.29, 0.717) is 6.61 Å². The summed E-state index contributed by atoms with van der Waals surface area (Å²) in [5.74, 6) is 1.56. The number of methoxy groups -OCH3 is 1. The van der Waals surface area contributed by atoms with Crippen molar-refractivity contribution in [3.8, 4) is 11.5 Å². The van der Waals surface area contributed by atoms with Crippen LogP contribution >= 0.6 is 0 Å². The highest BCUT2D eigenvalue weighted by Crippen LogP contribution is 2.28. The molecule has 0 amide bonds. The van der Waals surface area contributed by atoms with Crippen LogP contribution < -0.4 is 14.8 Å². The molecule has 2 aromatic rings. The lowest BCUT2D eigenvalue weighted by Crippen LogP contribution is -2.02. The second-order valence-electron chi connectivity index (χ2n) is 4.83. The fraction of sp³-hybridized carbons (Fsp3) is 0.333. The number of hydrogen-bond acceptors (Lipinski definition) is 3. The molecule has 0 heterocycles. The first-order valence-corrected chi connectivity index (χ1v) is 7.39. The van der Waals surface area contributed by atoms with Gasteiger partial charge in [0.15, 0.2) is 11.5 Å². The highest BCUT2D eigenvalue weighted by Gasteiger charge is 2.05. The molecule has 0 aromatic heterocycles. The van der Waals surface area contributed by atoms with Crippen molar-refractivity contribution in [2.45, 2.75) is 26.8 Å². The molecule has 0 saturated carbocycles. The van der Waals surface area contributed by atoms with Gasteiger partial charge in [-0.1, -0.05) is 25.1 Å². The lowest BCUT2D eigenvalue weighted by molar-refractivity contribution is 0.310. The third kappa shape index (κ3) is 4.15. The van der Waals surface area contributed by atoms with Gasteiger partial charge in [-0.05, 0) is 48.7 Å². The Bertz CT molecular complexity index is 581. The maximum atomic E-state index is 5.60. The molecule has 112 valence electrons. The molecule has 2 aromatic carbocycles. The second kappa shape index (κ2) is 7.58. The summed E-state index contributed by atoms with van der Waals surface area (Å²) < 4.78 is 10.9. The number of nitrogens with one attached hydrogen (secondary N) is 1. The van der Waals surface area contributed by atoms with Gasteiger partial charge < -0.3 is 14.8 Å². The smallest absolute Gasteiger partial charge is 0.161 e. The van der Waals surface area contributed by atoms with Gasteiger partial charge in [0.05, 0.1) is 13.7 Å². The molecule has 0 aliphatic heterocycles. The average Bonchev–Trinajstić information content (AvgIpc) is 2.53. The molecule has 0 spiro atoms. The molecule has 3 nitrogen and oxygen atoms in total. The summed E-state index contributed by atoms with van der Waals surface area (Å²) in [7, 11) is 1.66. The molecule has 3 heteroatoms. The first kappa shape index (κ1) is 15.2. The van der Waals surface area contributed by atoms with Crippen molar-refractivity contribution < 1.29 is 9.47 Å². The Labute approximate surface area is 126 Å². The summed E-state index contributed by atoms with van der Waals surface area (Å²) in [6, 6.07) is 14.5. The van der Waals surface area contributed by atoms with E-state index in [1.54, 1.807) is 7.11 Å². The molecule has 2 rings (SSSR count). The molecule has 0 radical (unpaired) electrons. The number of anilines is 1. The maximum Gasteiger partial charge on any atom is 0.161 e. The fourth-order valence-electron chi connectivity index (χ4n) is 2.20. The Morgan fingerprint density at radius 2 is 1.81 bits per heavy atom. The van der Waals surface area contributed by atoms with Crippen molar-refractivity contribution in [1.82, 2.24) is 0 Å². The zero-order valence-electron chi connectivity index (χ0n) is 13.0. The Morgan fingerprint density at radius 3 is 2.52 bits per heavy atom. The first-order valence-electron chi connectivity index (χ1n) is 7.39. The molecule has 0 atom stereocenters. The van der Waals surface area contributed by atoms with Gasteiger partial charge in [-0.25, -0.2) is 0 Å². The first-order chi connectivity index (χ1) is 10.3. The van der Waals surface area contributed by atoms with E-state index in [9.17, 15) is 0 Å². The van der Waals surface area contributed by atoms with Crippen molar-refractivity contribution >= 4 is 5.69 Å². The van der Waals surface area contributed by atoms with Crippen molar-refractivity contribution in [3.63, 3.8) is 0 Å². The van der Waals surface area contributed by atoms with Crippen LogP contribution in [0.5, 0.6) is 11.5 Å². The summed E-state index contributed by atoms with van der Waals surface area (Å²) in [5.41, 5.74) is 3.65. The number of ether oxygens (including phenoxy) is 2. The monoisotopic (exact) mass is 285 g/mol. The maximum absolute atomic E-state index is 5.60. The molecule has 0 unspecified atom stereocenters. The predicted molar refractivity (Wildman–Crippen MR) is 87.3 cm³/mol. The molecular formula is C18H23NO2. The van der Waals surface area contributed by atoms with E-state index >= 15 is 0 Å². The van der Waals surface area contributed by atoms with Gasteiger partial charge in [-0.15, -0.1) is 0 Å². The zero-order chi connectivity index (χ0) is 15.1.